The normalized spacial score (nSPS) is 11.0. The molecular formula is C17H24N2O4S. The second-order valence-electron chi connectivity index (χ2n) is 6.65. The molecule has 0 aromatic heterocycles. The molecule has 132 valence electrons. The molecule has 0 aliphatic heterocycles. The molecule has 0 atom stereocenters. The number of rotatable bonds is 8. The Labute approximate surface area is 146 Å². The number of nitrogens with one attached hydrogen (secondary N) is 2. The van der Waals surface area contributed by atoms with Crippen LogP contribution in [0.4, 0.5) is 5.69 Å². The lowest BCUT2D eigenvalue weighted by atomic mass is 9.92. The molecule has 24 heavy (non-hydrogen) atoms. The molecule has 0 bridgehead atoms. The minimum atomic E-state index is -0.851. The minimum absolute atomic E-state index is 0.0381. The number of carboxylic acid groups (broad SMARTS) is 1. The van der Waals surface area contributed by atoms with E-state index in [4.69, 9.17) is 5.11 Å². The lowest BCUT2D eigenvalue weighted by molar-refractivity contribution is -0.134. The molecule has 1 aromatic carbocycles. The maximum absolute atomic E-state index is 11.9. The Hall–Kier alpha value is -2.02. The molecule has 0 aliphatic rings. The zero-order chi connectivity index (χ0) is 18.2. The molecule has 0 radical (unpaired) electrons. The number of carboxylic acids is 1. The van der Waals surface area contributed by atoms with Crippen LogP contribution in [0.1, 0.15) is 32.8 Å². The lowest BCUT2D eigenvalue weighted by Gasteiger charge is -2.17. The Morgan fingerprint density at radius 1 is 1.17 bits per heavy atom. The number of amides is 2. The molecule has 0 heterocycles. The molecule has 0 fully saturated rings. The fourth-order valence-electron chi connectivity index (χ4n) is 1.92. The zero-order valence-electron chi connectivity index (χ0n) is 14.2. The van der Waals surface area contributed by atoms with Crippen LogP contribution >= 0.6 is 11.8 Å². The maximum Gasteiger partial charge on any atom is 0.313 e. The predicted molar refractivity (Wildman–Crippen MR) is 96.0 cm³/mol. The van der Waals surface area contributed by atoms with Crippen molar-refractivity contribution in [1.29, 1.82) is 0 Å². The summed E-state index contributed by atoms with van der Waals surface area (Å²) in [5.74, 6) is -0.714. The molecule has 2 amide bonds. The van der Waals surface area contributed by atoms with Gasteiger partial charge in [0.1, 0.15) is 0 Å². The van der Waals surface area contributed by atoms with Crippen LogP contribution in [0, 0.1) is 5.41 Å². The number of carbonyl (C=O) groups is 3. The van der Waals surface area contributed by atoms with Crippen LogP contribution in [0.25, 0.3) is 0 Å². The van der Waals surface area contributed by atoms with Gasteiger partial charge in [0.05, 0.1) is 12.3 Å². The number of anilines is 1. The van der Waals surface area contributed by atoms with Crippen molar-refractivity contribution in [2.24, 2.45) is 5.41 Å². The Balaban J connectivity index is 2.43. The van der Waals surface area contributed by atoms with Crippen LogP contribution in [0.5, 0.6) is 0 Å². The molecule has 1 aromatic rings. The molecule has 0 saturated heterocycles. The monoisotopic (exact) mass is 352 g/mol. The summed E-state index contributed by atoms with van der Waals surface area (Å²) in [6.07, 6.45) is 0.358. The van der Waals surface area contributed by atoms with E-state index in [0.717, 1.165) is 5.56 Å². The van der Waals surface area contributed by atoms with Crippen LogP contribution in [0.3, 0.4) is 0 Å². The fourth-order valence-corrected chi connectivity index (χ4v) is 2.62. The van der Waals surface area contributed by atoms with Crippen molar-refractivity contribution in [2.45, 2.75) is 32.9 Å². The topological polar surface area (TPSA) is 95.5 Å². The van der Waals surface area contributed by atoms with Gasteiger partial charge in [-0.05, 0) is 23.1 Å². The van der Waals surface area contributed by atoms with Gasteiger partial charge in [0.2, 0.25) is 11.8 Å². The van der Waals surface area contributed by atoms with Crippen LogP contribution in [-0.4, -0.2) is 35.2 Å². The van der Waals surface area contributed by atoms with Crippen LogP contribution in [-0.2, 0) is 20.1 Å². The second-order valence-corrected chi connectivity index (χ2v) is 7.63. The first-order valence-electron chi connectivity index (χ1n) is 7.61. The van der Waals surface area contributed by atoms with Crippen molar-refractivity contribution < 1.29 is 19.5 Å². The van der Waals surface area contributed by atoms with E-state index < -0.39 is 5.97 Å². The average Bonchev–Trinajstić information content (AvgIpc) is 2.43. The Morgan fingerprint density at radius 2 is 1.88 bits per heavy atom. The van der Waals surface area contributed by atoms with Gasteiger partial charge in [-0.3, -0.25) is 14.4 Å². The Bertz CT molecular complexity index is 596. The summed E-state index contributed by atoms with van der Waals surface area (Å²) >= 11 is 1.29. The first kappa shape index (κ1) is 20.0. The van der Waals surface area contributed by atoms with E-state index in [0.29, 0.717) is 17.9 Å². The molecular weight excluding hydrogens is 328 g/mol. The fraction of sp³-hybridized carbons (Fsp3) is 0.471. The van der Waals surface area contributed by atoms with Gasteiger partial charge < -0.3 is 15.7 Å². The van der Waals surface area contributed by atoms with E-state index in [-0.39, 0.29) is 29.5 Å². The van der Waals surface area contributed by atoms with Gasteiger partial charge in [0.25, 0.3) is 0 Å². The molecule has 0 saturated carbocycles. The van der Waals surface area contributed by atoms with Gasteiger partial charge in [-0.1, -0.05) is 32.9 Å². The summed E-state index contributed by atoms with van der Waals surface area (Å²) in [5, 5.41) is 13.9. The van der Waals surface area contributed by atoms with Gasteiger partial charge in [0.15, 0.2) is 0 Å². The van der Waals surface area contributed by atoms with Crippen molar-refractivity contribution in [1.82, 2.24) is 5.32 Å². The van der Waals surface area contributed by atoms with Crippen LogP contribution < -0.4 is 10.6 Å². The molecule has 0 spiro atoms. The molecule has 0 aliphatic carbocycles. The highest BCUT2D eigenvalue weighted by molar-refractivity contribution is 7.99. The summed E-state index contributed by atoms with van der Waals surface area (Å²) in [5.41, 5.74) is 1.43. The summed E-state index contributed by atoms with van der Waals surface area (Å²) in [6.45, 7) is 5.80. The van der Waals surface area contributed by atoms with E-state index in [9.17, 15) is 14.4 Å². The Morgan fingerprint density at radius 3 is 2.50 bits per heavy atom. The summed E-state index contributed by atoms with van der Waals surface area (Å²) in [6, 6.07) is 7.21. The number of hydrogen-bond donors (Lipinski definition) is 3. The first-order chi connectivity index (χ1) is 11.2. The molecule has 0 unspecified atom stereocenters. The summed E-state index contributed by atoms with van der Waals surface area (Å²) in [4.78, 5) is 34.1. The van der Waals surface area contributed by atoms with Gasteiger partial charge >= 0.3 is 5.97 Å². The van der Waals surface area contributed by atoms with Gasteiger partial charge in [-0.25, -0.2) is 0 Å². The third-order valence-corrected chi connectivity index (χ3v) is 3.83. The number of benzene rings is 1. The molecule has 3 N–H and O–H groups in total. The number of hydrogen-bond acceptors (Lipinski definition) is 4. The number of carbonyl (C=O) groups excluding carboxylic acids is 2. The van der Waals surface area contributed by atoms with Crippen molar-refractivity contribution in [2.75, 3.05) is 17.6 Å². The average molecular weight is 352 g/mol. The summed E-state index contributed by atoms with van der Waals surface area (Å²) in [7, 11) is 0. The SMILES string of the molecule is CC(C)(C)CC(=O)NCC(=O)Nc1cccc(CSCC(=O)O)c1. The van der Waals surface area contributed by atoms with Crippen molar-refractivity contribution in [3.63, 3.8) is 0 Å². The predicted octanol–water partition coefficient (Wildman–Crippen LogP) is 2.50. The molecule has 7 heteroatoms. The zero-order valence-corrected chi connectivity index (χ0v) is 15.0. The van der Waals surface area contributed by atoms with Gasteiger partial charge in [-0.15, -0.1) is 11.8 Å². The third-order valence-electron chi connectivity index (χ3n) is 2.84. The van der Waals surface area contributed by atoms with E-state index in [2.05, 4.69) is 10.6 Å². The highest BCUT2D eigenvalue weighted by Gasteiger charge is 2.16. The second kappa shape index (κ2) is 9.32. The van der Waals surface area contributed by atoms with Gasteiger partial charge in [-0.2, -0.15) is 0 Å². The molecule has 1 rings (SSSR count). The van der Waals surface area contributed by atoms with E-state index in [1.807, 2.05) is 26.8 Å². The highest BCUT2D eigenvalue weighted by atomic mass is 32.2. The van der Waals surface area contributed by atoms with Gasteiger partial charge in [0, 0.05) is 17.9 Å². The first-order valence-corrected chi connectivity index (χ1v) is 8.76. The number of thioether (sulfide) groups is 1. The van der Waals surface area contributed by atoms with E-state index >= 15 is 0 Å². The van der Waals surface area contributed by atoms with E-state index in [1.165, 1.54) is 11.8 Å². The highest BCUT2D eigenvalue weighted by Crippen LogP contribution is 2.18. The number of aliphatic carboxylic acids is 1. The van der Waals surface area contributed by atoms with Crippen molar-refractivity contribution in [3.8, 4) is 0 Å². The van der Waals surface area contributed by atoms with Crippen molar-refractivity contribution >= 4 is 35.2 Å². The quantitative estimate of drug-likeness (QED) is 0.668. The maximum atomic E-state index is 11.9. The Kier molecular flexibility index (Phi) is 7.78. The standard InChI is InChI=1S/C17H24N2O4S/c1-17(2,3)8-14(20)18-9-15(21)19-13-6-4-5-12(7-13)10-24-11-16(22)23/h4-7H,8-11H2,1-3H3,(H,18,20)(H,19,21)(H,22,23). The lowest BCUT2D eigenvalue weighted by Crippen LogP contribution is -2.34. The third kappa shape index (κ3) is 9.19. The minimum Gasteiger partial charge on any atom is -0.481 e. The van der Waals surface area contributed by atoms with Crippen LogP contribution in [0.15, 0.2) is 24.3 Å². The van der Waals surface area contributed by atoms with E-state index in [1.54, 1.807) is 18.2 Å². The largest absolute Gasteiger partial charge is 0.481 e. The van der Waals surface area contributed by atoms with Crippen LogP contribution in [0.2, 0.25) is 0 Å². The van der Waals surface area contributed by atoms with Crippen molar-refractivity contribution in [3.05, 3.63) is 29.8 Å². The smallest absolute Gasteiger partial charge is 0.313 e. The summed E-state index contributed by atoms with van der Waals surface area (Å²) < 4.78 is 0. The molecule has 6 nitrogen and oxygen atoms in total.